The molecule has 168 valence electrons. The van der Waals surface area contributed by atoms with E-state index in [0.29, 0.717) is 29.2 Å². The van der Waals surface area contributed by atoms with Gasteiger partial charge in [-0.3, -0.25) is 14.5 Å². The molecule has 2 amide bonds. The van der Waals surface area contributed by atoms with Crippen molar-refractivity contribution in [3.8, 4) is 11.5 Å². The van der Waals surface area contributed by atoms with E-state index in [-0.39, 0.29) is 23.1 Å². The summed E-state index contributed by atoms with van der Waals surface area (Å²) >= 11 is 6.81. The second kappa shape index (κ2) is 10.5. The number of benzene rings is 2. The number of esters is 1. The Morgan fingerprint density at radius 3 is 2.62 bits per heavy atom. The van der Waals surface area contributed by atoms with E-state index in [2.05, 4.69) is 4.74 Å². The predicted molar refractivity (Wildman–Crippen MR) is 118 cm³/mol. The Kier molecular flexibility index (Phi) is 7.76. The molecule has 32 heavy (non-hydrogen) atoms. The van der Waals surface area contributed by atoms with Crippen molar-refractivity contribution in [2.45, 2.75) is 13.5 Å². The van der Waals surface area contributed by atoms with Crippen LogP contribution in [-0.4, -0.2) is 42.3 Å². The van der Waals surface area contributed by atoms with Gasteiger partial charge in [0.1, 0.15) is 5.82 Å². The highest BCUT2D eigenvalue weighted by Gasteiger charge is 2.35. The maximum Gasteiger partial charge on any atom is 0.343 e. The Morgan fingerprint density at radius 2 is 1.94 bits per heavy atom. The van der Waals surface area contributed by atoms with Gasteiger partial charge in [0.25, 0.3) is 11.1 Å². The highest BCUT2D eigenvalue weighted by molar-refractivity contribution is 8.18. The van der Waals surface area contributed by atoms with Gasteiger partial charge in [-0.05, 0) is 60.2 Å². The summed E-state index contributed by atoms with van der Waals surface area (Å²) in [5.74, 6) is -0.802. The lowest BCUT2D eigenvalue weighted by Gasteiger charge is -2.13. The molecule has 0 aromatic heterocycles. The van der Waals surface area contributed by atoms with Crippen LogP contribution in [-0.2, 0) is 20.9 Å². The van der Waals surface area contributed by atoms with Crippen molar-refractivity contribution in [1.29, 1.82) is 0 Å². The van der Waals surface area contributed by atoms with Crippen molar-refractivity contribution in [2.24, 2.45) is 0 Å². The molecule has 0 saturated carbocycles. The molecular weight excluding hydrogens is 461 g/mol. The lowest BCUT2D eigenvalue weighted by molar-refractivity contribution is -0.142. The Hall–Kier alpha value is -3.04. The molecule has 0 N–H and O–H groups in total. The van der Waals surface area contributed by atoms with E-state index >= 15 is 0 Å². The molecule has 1 saturated heterocycles. The maximum absolute atomic E-state index is 13.3. The van der Waals surface area contributed by atoms with E-state index in [1.54, 1.807) is 31.2 Å². The van der Waals surface area contributed by atoms with Gasteiger partial charge in [-0.1, -0.05) is 23.7 Å². The van der Waals surface area contributed by atoms with Crippen LogP contribution >= 0.6 is 23.4 Å². The van der Waals surface area contributed by atoms with Crippen LogP contribution in [0.4, 0.5) is 9.18 Å². The van der Waals surface area contributed by atoms with Crippen LogP contribution in [0.2, 0.25) is 5.02 Å². The van der Waals surface area contributed by atoms with E-state index < -0.39 is 22.9 Å². The Morgan fingerprint density at radius 1 is 1.16 bits per heavy atom. The van der Waals surface area contributed by atoms with E-state index in [4.69, 9.17) is 21.1 Å². The van der Waals surface area contributed by atoms with Crippen molar-refractivity contribution in [1.82, 2.24) is 4.90 Å². The van der Waals surface area contributed by atoms with Crippen LogP contribution in [0, 0.1) is 5.82 Å². The molecule has 0 bridgehead atoms. The molecule has 1 aliphatic heterocycles. The van der Waals surface area contributed by atoms with Gasteiger partial charge in [-0.15, -0.1) is 0 Å². The summed E-state index contributed by atoms with van der Waals surface area (Å²) in [7, 11) is 1.26. The van der Waals surface area contributed by atoms with E-state index in [1.807, 2.05) is 0 Å². The summed E-state index contributed by atoms with van der Waals surface area (Å²) in [6, 6.07) is 8.69. The summed E-state index contributed by atoms with van der Waals surface area (Å²) in [6.45, 7) is 1.81. The number of carbonyl (C=O) groups excluding carboxylic acids is 3. The molecule has 0 atom stereocenters. The minimum atomic E-state index is -0.536. The van der Waals surface area contributed by atoms with Gasteiger partial charge in [-0.25, -0.2) is 9.18 Å². The van der Waals surface area contributed by atoms with Crippen molar-refractivity contribution in [3.05, 3.63) is 63.3 Å². The summed E-state index contributed by atoms with van der Waals surface area (Å²) in [5, 5.41) is -0.318. The Labute approximate surface area is 193 Å². The Bertz CT molecular complexity index is 1090. The van der Waals surface area contributed by atoms with Gasteiger partial charge in [0.05, 0.1) is 25.2 Å². The molecule has 1 fully saturated rings. The average molecular weight is 480 g/mol. The quantitative estimate of drug-likeness (QED) is 0.402. The number of nitrogens with zero attached hydrogens (tertiary/aromatic N) is 1. The summed E-state index contributed by atoms with van der Waals surface area (Å²) in [4.78, 5) is 37.8. The minimum Gasteiger partial charge on any atom is -0.490 e. The standard InChI is InChI=1S/C22H19ClFNO6S/c1-3-30-18-8-13(4-7-17(18)31-12-20(26)29-2)9-19-21(27)25(22(28)32-19)11-14-5-6-15(24)10-16(14)23/h4-10H,3,11-12H2,1-2H3/b19-9+. The number of rotatable bonds is 8. The molecule has 2 aromatic carbocycles. The third kappa shape index (κ3) is 5.60. The molecule has 10 heteroatoms. The monoisotopic (exact) mass is 479 g/mol. The number of imide groups is 1. The smallest absolute Gasteiger partial charge is 0.343 e. The number of ether oxygens (including phenoxy) is 3. The molecule has 3 rings (SSSR count). The molecular formula is C22H19ClFNO6S. The normalized spacial score (nSPS) is 14.8. The van der Waals surface area contributed by atoms with Crippen LogP contribution in [0.1, 0.15) is 18.1 Å². The van der Waals surface area contributed by atoms with Crippen molar-refractivity contribution < 1.29 is 33.0 Å². The maximum atomic E-state index is 13.3. The molecule has 1 aliphatic rings. The SMILES string of the molecule is CCOc1cc(/C=C2/SC(=O)N(Cc3ccc(F)cc3Cl)C2=O)ccc1OCC(=O)OC. The molecule has 1 heterocycles. The van der Waals surface area contributed by atoms with Gasteiger partial charge in [0.15, 0.2) is 18.1 Å². The van der Waals surface area contributed by atoms with Gasteiger partial charge in [-0.2, -0.15) is 0 Å². The molecule has 2 aromatic rings. The molecule has 0 aliphatic carbocycles. The number of thioether (sulfide) groups is 1. The third-order valence-corrected chi connectivity index (χ3v) is 5.61. The van der Waals surface area contributed by atoms with Crippen LogP contribution in [0.5, 0.6) is 11.5 Å². The van der Waals surface area contributed by atoms with Crippen LogP contribution in [0.3, 0.4) is 0 Å². The first kappa shape index (κ1) is 23.6. The largest absolute Gasteiger partial charge is 0.490 e. The van der Waals surface area contributed by atoms with Crippen molar-refractivity contribution in [2.75, 3.05) is 20.3 Å². The average Bonchev–Trinajstić information content (AvgIpc) is 3.02. The fourth-order valence-electron chi connectivity index (χ4n) is 2.81. The van der Waals surface area contributed by atoms with E-state index in [1.165, 1.54) is 19.2 Å². The zero-order chi connectivity index (χ0) is 23.3. The molecule has 7 nitrogen and oxygen atoms in total. The lowest BCUT2D eigenvalue weighted by atomic mass is 10.1. The molecule has 0 unspecified atom stereocenters. The summed E-state index contributed by atoms with van der Waals surface area (Å²) in [6.07, 6.45) is 1.56. The van der Waals surface area contributed by atoms with E-state index in [0.717, 1.165) is 22.7 Å². The minimum absolute atomic E-state index is 0.0639. The fraction of sp³-hybridized carbons (Fsp3) is 0.227. The van der Waals surface area contributed by atoms with Crippen LogP contribution in [0.15, 0.2) is 41.3 Å². The van der Waals surface area contributed by atoms with Gasteiger partial charge >= 0.3 is 5.97 Å². The van der Waals surface area contributed by atoms with Crippen LogP contribution < -0.4 is 9.47 Å². The number of hydrogen-bond donors (Lipinski definition) is 0. The van der Waals surface area contributed by atoms with Gasteiger partial charge in [0.2, 0.25) is 0 Å². The van der Waals surface area contributed by atoms with Crippen molar-refractivity contribution >= 4 is 46.6 Å². The topological polar surface area (TPSA) is 82.1 Å². The number of methoxy groups -OCH3 is 1. The number of halogens is 2. The zero-order valence-electron chi connectivity index (χ0n) is 17.2. The lowest BCUT2D eigenvalue weighted by Crippen LogP contribution is -2.27. The first-order chi connectivity index (χ1) is 15.3. The summed E-state index contributed by atoms with van der Waals surface area (Å²) < 4.78 is 28.8. The first-order valence-electron chi connectivity index (χ1n) is 9.48. The van der Waals surface area contributed by atoms with Gasteiger partial charge < -0.3 is 14.2 Å². The predicted octanol–water partition coefficient (Wildman–Crippen LogP) is 4.67. The second-order valence-electron chi connectivity index (χ2n) is 6.51. The zero-order valence-corrected chi connectivity index (χ0v) is 18.8. The van der Waals surface area contributed by atoms with Gasteiger partial charge in [0, 0.05) is 5.02 Å². The third-order valence-electron chi connectivity index (χ3n) is 4.36. The van der Waals surface area contributed by atoms with Crippen molar-refractivity contribution in [3.63, 3.8) is 0 Å². The highest BCUT2D eigenvalue weighted by atomic mass is 35.5. The molecule has 0 spiro atoms. The Balaban J connectivity index is 1.80. The second-order valence-corrected chi connectivity index (χ2v) is 7.91. The molecule has 0 radical (unpaired) electrons. The number of hydrogen-bond acceptors (Lipinski definition) is 7. The van der Waals surface area contributed by atoms with Crippen LogP contribution in [0.25, 0.3) is 6.08 Å². The number of carbonyl (C=O) groups is 3. The van der Waals surface area contributed by atoms with E-state index in [9.17, 15) is 18.8 Å². The first-order valence-corrected chi connectivity index (χ1v) is 10.7. The summed E-state index contributed by atoms with van der Waals surface area (Å²) in [5.41, 5.74) is 1.06. The number of amides is 2. The highest BCUT2D eigenvalue weighted by Crippen LogP contribution is 2.36. The fourth-order valence-corrected chi connectivity index (χ4v) is 3.87.